The fourth-order valence-electron chi connectivity index (χ4n) is 5.42. The molecule has 0 aliphatic carbocycles. The van der Waals surface area contributed by atoms with Crippen molar-refractivity contribution in [3.05, 3.63) is 29.2 Å². The molecule has 0 aromatic carbocycles. The molecule has 2 aromatic rings. The van der Waals surface area contributed by atoms with E-state index in [0.29, 0.717) is 67.3 Å². The first-order valence-corrected chi connectivity index (χ1v) is 16.2. The van der Waals surface area contributed by atoms with E-state index in [1.54, 1.807) is 25.6 Å². The number of anilines is 2. The maximum Gasteiger partial charge on any atom is 0.407 e. The SMILES string of the molecule is COCC(NC(=O)OC(C)(C)C)C1(C)CCN(c2ncc(Sc3ccnc(N4CC(C(C)(C)O)C4)c3Cl)nc2C(=O)OC)CC1. The molecular formula is C31H45ClN6O6S. The lowest BCUT2D eigenvalue weighted by atomic mass is 9.74. The molecule has 12 nitrogen and oxygen atoms in total. The number of aromatic nitrogens is 3. The third-order valence-corrected chi connectivity index (χ3v) is 9.86. The highest BCUT2D eigenvalue weighted by molar-refractivity contribution is 7.99. The number of carbonyl (C=O) groups excluding carboxylic acids is 2. The van der Waals surface area contributed by atoms with Crippen molar-refractivity contribution < 1.29 is 28.9 Å². The van der Waals surface area contributed by atoms with Crippen molar-refractivity contribution in [1.82, 2.24) is 20.3 Å². The maximum absolute atomic E-state index is 12.9. The highest BCUT2D eigenvalue weighted by atomic mass is 35.5. The van der Waals surface area contributed by atoms with Crippen LogP contribution in [0.1, 0.15) is 64.9 Å². The summed E-state index contributed by atoms with van der Waals surface area (Å²) in [6.07, 6.45) is 4.24. The van der Waals surface area contributed by atoms with Gasteiger partial charge in [0.15, 0.2) is 11.5 Å². The summed E-state index contributed by atoms with van der Waals surface area (Å²) < 4.78 is 16.0. The first-order chi connectivity index (χ1) is 21.0. The standard InChI is InChI=1S/C31H45ClN6O6S/c1-29(2,3)44-28(40)35-21(18-42-7)31(6)10-13-37(14-11-31)26-24(27(39)43-8)36-22(15-34-26)45-20-9-12-33-25(23(20)32)38-16-19(17-38)30(4,5)41/h9,12,15,19,21,41H,10-11,13-14,16-18H2,1-8H3,(H,35,40). The zero-order valence-corrected chi connectivity index (χ0v) is 28.9. The first-order valence-electron chi connectivity index (χ1n) is 15.0. The molecule has 0 spiro atoms. The van der Waals surface area contributed by atoms with Gasteiger partial charge >= 0.3 is 12.1 Å². The lowest BCUT2D eigenvalue weighted by molar-refractivity contribution is 0.00436. The summed E-state index contributed by atoms with van der Waals surface area (Å²) >= 11 is 8.06. The van der Waals surface area contributed by atoms with E-state index in [9.17, 15) is 14.7 Å². The molecule has 2 aliphatic heterocycles. The number of amides is 1. The second-order valence-corrected chi connectivity index (χ2v) is 14.9. The number of nitrogens with one attached hydrogen (secondary N) is 1. The van der Waals surface area contributed by atoms with Crippen molar-refractivity contribution in [2.45, 2.75) is 81.5 Å². The number of rotatable bonds is 10. The average molecular weight is 665 g/mol. The third-order valence-electron chi connectivity index (χ3n) is 8.41. The summed E-state index contributed by atoms with van der Waals surface area (Å²) in [4.78, 5) is 44.0. The molecule has 248 valence electrons. The van der Waals surface area contributed by atoms with Gasteiger partial charge in [-0.2, -0.15) is 0 Å². The number of piperidine rings is 1. The van der Waals surface area contributed by atoms with Crippen molar-refractivity contribution in [2.24, 2.45) is 11.3 Å². The van der Waals surface area contributed by atoms with E-state index in [-0.39, 0.29) is 23.1 Å². The fraction of sp³-hybridized carbons (Fsp3) is 0.645. The number of carbonyl (C=O) groups is 2. The molecule has 2 N–H and O–H groups in total. The quantitative estimate of drug-likeness (QED) is 0.337. The second-order valence-electron chi connectivity index (χ2n) is 13.5. The molecule has 2 aromatic heterocycles. The monoisotopic (exact) mass is 664 g/mol. The minimum Gasteiger partial charge on any atom is -0.464 e. The summed E-state index contributed by atoms with van der Waals surface area (Å²) in [5.74, 6) is 0.630. The van der Waals surface area contributed by atoms with Crippen LogP contribution in [0.15, 0.2) is 28.4 Å². The van der Waals surface area contributed by atoms with Crippen molar-refractivity contribution >= 4 is 47.1 Å². The normalized spacial score (nSPS) is 17.8. The summed E-state index contributed by atoms with van der Waals surface area (Å²) in [6.45, 7) is 14.0. The Morgan fingerprint density at radius 1 is 1.13 bits per heavy atom. The van der Waals surface area contributed by atoms with Crippen LogP contribution < -0.4 is 15.1 Å². The van der Waals surface area contributed by atoms with Gasteiger partial charge in [0.25, 0.3) is 0 Å². The summed E-state index contributed by atoms with van der Waals surface area (Å²) in [5, 5.41) is 14.3. The number of hydrogen-bond acceptors (Lipinski definition) is 12. The van der Waals surface area contributed by atoms with Crippen LogP contribution in [0.3, 0.4) is 0 Å². The van der Waals surface area contributed by atoms with Crippen LogP contribution in [0, 0.1) is 11.3 Å². The lowest BCUT2D eigenvalue weighted by Crippen LogP contribution is -2.56. The second kappa shape index (κ2) is 13.9. The minimum atomic E-state index is -0.771. The Labute approximate surface area is 274 Å². The Morgan fingerprint density at radius 3 is 2.38 bits per heavy atom. The molecule has 2 saturated heterocycles. The number of hydrogen-bond donors (Lipinski definition) is 2. The van der Waals surface area contributed by atoms with E-state index in [1.165, 1.54) is 18.9 Å². The van der Waals surface area contributed by atoms with Crippen LogP contribution in [0.4, 0.5) is 16.4 Å². The Hall–Kier alpha value is -2.87. The predicted octanol–water partition coefficient (Wildman–Crippen LogP) is 4.82. The van der Waals surface area contributed by atoms with Gasteiger partial charge in [0.1, 0.15) is 16.4 Å². The first kappa shape index (κ1) is 35.0. The molecule has 2 fully saturated rings. The predicted molar refractivity (Wildman–Crippen MR) is 173 cm³/mol. The van der Waals surface area contributed by atoms with Crippen LogP contribution in [0.5, 0.6) is 0 Å². The van der Waals surface area contributed by atoms with Crippen LogP contribution >= 0.6 is 23.4 Å². The molecule has 14 heteroatoms. The lowest BCUT2D eigenvalue weighted by Gasteiger charge is -2.46. The molecular weight excluding hydrogens is 620 g/mol. The number of ether oxygens (including phenoxy) is 3. The van der Waals surface area contributed by atoms with E-state index < -0.39 is 23.3 Å². The van der Waals surface area contributed by atoms with Gasteiger partial charge in [-0.1, -0.05) is 30.3 Å². The van der Waals surface area contributed by atoms with E-state index in [2.05, 4.69) is 27.2 Å². The van der Waals surface area contributed by atoms with Crippen LogP contribution in [-0.4, -0.2) is 96.4 Å². The number of halogens is 1. The Morgan fingerprint density at radius 2 is 1.80 bits per heavy atom. The largest absolute Gasteiger partial charge is 0.464 e. The van der Waals surface area contributed by atoms with Gasteiger partial charge in [0, 0.05) is 50.3 Å². The zero-order chi connectivity index (χ0) is 33.2. The third kappa shape index (κ3) is 8.49. The molecule has 1 amide bonds. The van der Waals surface area contributed by atoms with E-state index in [4.69, 9.17) is 25.8 Å². The van der Waals surface area contributed by atoms with Crippen molar-refractivity contribution in [2.75, 3.05) is 56.8 Å². The molecule has 0 bridgehead atoms. The topological polar surface area (TPSA) is 139 Å². The average Bonchev–Trinajstić information content (AvgIpc) is 2.92. The summed E-state index contributed by atoms with van der Waals surface area (Å²) in [7, 11) is 2.93. The fourth-order valence-corrected chi connectivity index (χ4v) is 6.54. The van der Waals surface area contributed by atoms with Gasteiger partial charge in [-0.3, -0.25) is 0 Å². The van der Waals surface area contributed by atoms with E-state index in [0.717, 1.165) is 4.90 Å². The van der Waals surface area contributed by atoms with Crippen molar-refractivity contribution in [3.63, 3.8) is 0 Å². The number of methoxy groups -OCH3 is 2. The molecule has 1 unspecified atom stereocenters. The highest BCUT2D eigenvalue weighted by Gasteiger charge is 2.41. The van der Waals surface area contributed by atoms with Crippen LogP contribution in [0.25, 0.3) is 0 Å². The number of esters is 1. The molecule has 0 radical (unpaired) electrons. The maximum atomic E-state index is 12.9. The van der Waals surface area contributed by atoms with Gasteiger partial charge in [-0.05, 0) is 58.9 Å². The van der Waals surface area contributed by atoms with Crippen molar-refractivity contribution in [3.8, 4) is 0 Å². The van der Waals surface area contributed by atoms with Crippen LogP contribution in [-0.2, 0) is 14.2 Å². The number of pyridine rings is 1. The number of nitrogens with zero attached hydrogens (tertiary/aromatic N) is 5. The van der Waals surface area contributed by atoms with Gasteiger partial charge in [0.2, 0.25) is 0 Å². The van der Waals surface area contributed by atoms with Crippen molar-refractivity contribution in [1.29, 1.82) is 0 Å². The van der Waals surface area contributed by atoms with Gasteiger partial charge in [-0.15, -0.1) is 0 Å². The zero-order valence-electron chi connectivity index (χ0n) is 27.3. The Kier molecular flexibility index (Phi) is 10.8. The van der Waals surface area contributed by atoms with E-state index in [1.807, 2.05) is 44.4 Å². The summed E-state index contributed by atoms with van der Waals surface area (Å²) in [6, 6.07) is 1.53. The molecule has 0 saturated carbocycles. The van der Waals surface area contributed by atoms with Gasteiger partial charge in [0.05, 0.1) is 36.6 Å². The van der Waals surface area contributed by atoms with Gasteiger partial charge in [-0.25, -0.2) is 24.5 Å². The molecule has 4 rings (SSSR count). The van der Waals surface area contributed by atoms with Gasteiger partial charge < -0.3 is 34.4 Å². The summed E-state index contributed by atoms with van der Waals surface area (Å²) in [5.41, 5.74) is -1.54. The Balaban J connectivity index is 1.48. The van der Waals surface area contributed by atoms with Crippen LogP contribution in [0.2, 0.25) is 5.02 Å². The molecule has 2 aliphatic rings. The number of aliphatic hydroxyl groups is 1. The highest BCUT2D eigenvalue weighted by Crippen LogP contribution is 2.41. The Bertz CT molecular complexity index is 1370. The molecule has 1 atom stereocenters. The molecule has 45 heavy (non-hydrogen) atoms. The smallest absolute Gasteiger partial charge is 0.407 e. The molecule has 4 heterocycles. The van der Waals surface area contributed by atoms with E-state index >= 15 is 0 Å². The number of alkyl carbamates (subject to hydrolysis) is 1. The minimum absolute atomic E-state index is 0.118.